The van der Waals surface area contributed by atoms with E-state index < -0.39 is 23.8 Å². The molecule has 28 heavy (non-hydrogen) atoms. The van der Waals surface area contributed by atoms with Gasteiger partial charge < -0.3 is 19.9 Å². The summed E-state index contributed by atoms with van der Waals surface area (Å²) in [6.07, 6.45) is -1.33. The standard InChI is InChI=1S/C18H21F2N4O4/c1-11(25)21-9-14-10-24(18(27)28-14)13-7-15(19)17(16(20)8-13)23-5-3-22(4-6-23)12(2)26/h7-8,14H,2-6,9-10H2,1H3,(H,21,25). The molecular weight excluding hydrogens is 374 g/mol. The van der Waals surface area contributed by atoms with Crippen LogP contribution in [0.15, 0.2) is 12.1 Å². The Morgan fingerprint density at radius 3 is 2.36 bits per heavy atom. The third-order valence-corrected chi connectivity index (χ3v) is 4.71. The summed E-state index contributed by atoms with van der Waals surface area (Å²) in [5.74, 6) is -2.20. The Morgan fingerprint density at radius 1 is 1.21 bits per heavy atom. The lowest BCUT2D eigenvalue weighted by Gasteiger charge is -2.36. The van der Waals surface area contributed by atoms with Crippen molar-refractivity contribution in [3.8, 4) is 0 Å². The van der Waals surface area contributed by atoms with Crippen LogP contribution in [0, 0.1) is 18.6 Å². The first-order valence-electron chi connectivity index (χ1n) is 8.83. The molecule has 2 fully saturated rings. The molecule has 0 bridgehead atoms. The minimum atomic E-state index is -0.803. The molecule has 1 unspecified atom stereocenters. The van der Waals surface area contributed by atoms with Gasteiger partial charge in [0.15, 0.2) is 11.6 Å². The highest BCUT2D eigenvalue weighted by molar-refractivity contribution is 5.90. The average molecular weight is 395 g/mol. The van der Waals surface area contributed by atoms with Crippen LogP contribution in [0.3, 0.4) is 0 Å². The van der Waals surface area contributed by atoms with Crippen LogP contribution < -0.4 is 15.1 Å². The van der Waals surface area contributed by atoms with Gasteiger partial charge in [-0.25, -0.2) is 13.6 Å². The number of carbonyl (C=O) groups is 3. The molecule has 1 aromatic carbocycles. The molecule has 0 aliphatic carbocycles. The van der Waals surface area contributed by atoms with E-state index in [1.165, 1.54) is 16.7 Å². The zero-order chi connectivity index (χ0) is 20.4. The second-order valence-electron chi connectivity index (χ2n) is 6.68. The van der Waals surface area contributed by atoms with Crippen LogP contribution in [0.1, 0.15) is 6.92 Å². The number of carbonyl (C=O) groups excluding carboxylic acids is 3. The van der Waals surface area contributed by atoms with Crippen molar-refractivity contribution in [1.82, 2.24) is 10.2 Å². The summed E-state index contributed by atoms with van der Waals surface area (Å²) in [6.45, 7) is 6.07. The molecule has 3 rings (SSSR count). The Labute approximate surface area is 161 Å². The third-order valence-electron chi connectivity index (χ3n) is 4.71. The van der Waals surface area contributed by atoms with Crippen molar-refractivity contribution in [2.24, 2.45) is 0 Å². The summed E-state index contributed by atoms with van der Waals surface area (Å²) >= 11 is 0. The molecule has 2 saturated heterocycles. The number of rotatable bonds is 4. The van der Waals surface area contributed by atoms with Crippen molar-refractivity contribution in [2.75, 3.05) is 49.1 Å². The van der Waals surface area contributed by atoms with Crippen LogP contribution in [0.4, 0.5) is 25.0 Å². The predicted octanol–water partition coefficient (Wildman–Crippen LogP) is 0.909. The predicted molar refractivity (Wildman–Crippen MR) is 96.8 cm³/mol. The largest absolute Gasteiger partial charge is 0.442 e. The average Bonchev–Trinajstić information content (AvgIpc) is 3.00. The summed E-state index contributed by atoms with van der Waals surface area (Å²) in [6, 6.07) is 2.17. The van der Waals surface area contributed by atoms with E-state index in [9.17, 15) is 23.2 Å². The molecule has 1 aromatic rings. The number of anilines is 2. The summed E-state index contributed by atoms with van der Waals surface area (Å²) in [5, 5.41) is 2.54. The van der Waals surface area contributed by atoms with Crippen molar-refractivity contribution >= 4 is 29.3 Å². The van der Waals surface area contributed by atoms with Gasteiger partial charge in [-0.15, -0.1) is 0 Å². The van der Waals surface area contributed by atoms with Gasteiger partial charge in [-0.2, -0.15) is 0 Å². The van der Waals surface area contributed by atoms with Gasteiger partial charge in [-0.3, -0.25) is 14.5 Å². The fourth-order valence-electron chi connectivity index (χ4n) is 3.29. The smallest absolute Gasteiger partial charge is 0.414 e. The van der Waals surface area contributed by atoms with Gasteiger partial charge in [0.2, 0.25) is 11.8 Å². The van der Waals surface area contributed by atoms with Crippen molar-refractivity contribution < 1.29 is 27.9 Å². The Bertz CT molecular complexity index is 773. The number of halogens is 2. The van der Waals surface area contributed by atoms with E-state index in [2.05, 4.69) is 12.2 Å². The van der Waals surface area contributed by atoms with Gasteiger partial charge in [-0.1, -0.05) is 0 Å². The van der Waals surface area contributed by atoms with Gasteiger partial charge in [0.25, 0.3) is 0 Å². The quantitative estimate of drug-likeness (QED) is 0.820. The zero-order valence-electron chi connectivity index (χ0n) is 15.4. The van der Waals surface area contributed by atoms with E-state index in [0.29, 0.717) is 13.1 Å². The molecule has 151 valence electrons. The molecule has 1 radical (unpaired) electrons. The third kappa shape index (κ3) is 4.15. The number of benzene rings is 1. The van der Waals surface area contributed by atoms with Crippen LogP contribution in [0.5, 0.6) is 0 Å². The molecule has 2 heterocycles. The number of nitrogens with one attached hydrogen (secondary N) is 1. The SMILES string of the molecule is [CH2]C(=O)N1CCN(c2c(F)cc(N3CC(CNC(C)=O)OC3=O)cc2F)CC1. The van der Waals surface area contributed by atoms with Crippen molar-refractivity contribution in [3.63, 3.8) is 0 Å². The molecule has 8 nitrogen and oxygen atoms in total. The van der Waals surface area contributed by atoms with Gasteiger partial charge in [0.1, 0.15) is 11.8 Å². The number of nitrogens with zero attached hydrogens (tertiary/aromatic N) is 3. The van der Waals surface area contributed by atoms with Crippen LogP contribution >= 0.6 is 0 Å². The molecule has 1 atom stereocenters. The highest BCUT2D eigenvalue weighted by atomic mass is 19.1. The lowest BCUT2D eigenvalue weighted by molar-refractivity contribution is -0.126. The van der Waals surface area contributed by atoms with Gasteiger partial charge in [-0.05, 0) is 0 Å². The van der Waals surface area contributed by atoms with E-state index in [-0.39, 0.29) is 49.4 Å². The molecule has 2 aliphatic heterocycles. The first-order chi connectivity index (χ1) is 13.3. The van der Waals surface area contributed by atoms with Gasteiger partial charge in [0, 0.05) is 52.2 Å². The number of ether oxygens (including phenoxy) is 1. The molecule has 2 aliphatic rings. The number of hydrogen-bond donors (Lipinski definition) is 1. The summed E-state index contributed by atoms with van der Waals surface area (Å²) < 4.78 is 34.5. The van der Waals surface area contributed by atoms with Crippen molar-refractivity contribution in [2.45, 2.75) is 13.0 Å². The lowest BCUT2D eigenvalue weighted by Crippen LogP contribution is -2.48. The normalized spacial score (nSPS) is 19.6. The molecule has 10 heteroatoms. The van der Waals surface area contributed by atoms with E-state index in [1.54, 1.807) is 0 Å². The maximum atomic E-state index is 14.7. The second-order valence-corrected chi connectivity index (χ2v) is 6.68. The van der Waals surface area contributed by atoms with Crippen LogP contribution in [0.25, 0.3) is 0 Å². The Hall–Kier alpha value is -2.91. The summed E-state index contributed by atoms with van der Waals surface area (Å²) in [4.78, 5) is 38.5. The lowest BCUT2D eigenvalue weighted by atomic mass is 10.2. The zero-order valence-corrected chi connectivity index (χ0v) is 15.4. The maximum absolute atomic E-state index is 14.7. The molecule has 0 aromatic heterocycles. The molecular formula is C18H21F2N4O4. The number of cyclic esters (lactones) is 1. The van der Waals surface area contributed by atoms with Gasteiger partial charge in [0.05, 0.1) is 18.8 Å². The molecule has 0 spiro atoms. The highest BCUT2D eigenvalue weighted by Gasteiger charge is 2.34. The second kappa shape index (κ2) is 7.99. The number of piperazine rings is 1. The number of hydrogen-bond acceptors (Lipinski definition) is 5. The van der Waals surface area contributed by atoms with E-state index in [0.717, 1.165) is 17.0 Å². The highest BCUT2D eigenvalue weighted by Crippen LogP contribution is 2.31. The molecule has 3 amide bonds. The Balaban J connectivity index is 1.73. The Kier molecular flexibility index (Phi) is 5.66. The van der Waals surface area contributed by atoms with Crippen molar-refractivity contribution in [3.05, 3.63) is 30.7 Å². The Morgan fingerprint density at radius 2 is 1.82 bits per heavy atom. The summed E-state index contributed by atoms with van der Waals surface area (Å²) in [5.41, 5.74) is -0.150. The van der Waals surface area contributed by atoms with E-state index in [4.69, 9.17) is 4.74 Å². The molecule has 0 saturated carbocycles. The minimum absolute atomic E-state index is 0.0423. The van der Waals surface area contributed by atoms with E-state index >= 15 is 0 Å². The topological polar surface area (TPSA) is 82.2 Å². The van der Waals surface area contributed by atoms with Crippen LogP contribution in [-0.4, -0.2) is 68.2 Å². The van der Waals surface area contributed by atoms with Gasteiger partial charge >= 0.3 is 6.09 Å². The maximum Gasteiger partial charge on any atom is 0.414 e. The fraction of sp³-hybridized carbons (Fsp3) is 0.444. The first-order valence-corrected chi connectivity index (χ1v) is 8.83. The fourth-order valence-corrected chi connectivity index (χ4v) is 3.29. The summed E-state index contributed by atoms with van der Waals surface area (Å²) in [7, 11) is 0. The minimum Gasteiger partial charge on any atom is -0.442 e. The first kappa shape index (κ1) is 19.8. The monoisotopic (exact) mass is 395 g/mol. The van der Waals surface area contributed by atoms with E-state index in [1.807, 2.05) is 0 Å². The van der Waals surface area contributed by atoms with Crippen molar-refractivity contribution in [1.29, 1.82) is 0 Å². The van der Waals surface area contributed by atoms with Crippen LogP contribution in [0.2, 0.25) is 0 Å². The van der Waals surface area contributed by atoms with Crippen LogP contribution in [-0.2, 0) is 14.3 Å². The molecule has 1 N–H and O–H groups in total. The number of amides is 3.